The number of anilines is 1. The molecule has 3 amide bonds. The van der Waals surface area contributed by atoms with Gasteiger partial charge < -0.3 is 15.1 Å². The van der Waals surface area contributed by atoms with E-state index in [9.17, 15) is 14.4 Å². The number of hydrogen-bond donors (Lipinski definition) is 3. The van der Waals surface area contributed by atoms with Crippen molar-refractivity contribution in [3.8, 4) is 0 Å². The highest BCUT2D eigenvalue weighted by Crippen LogP contribution is 2.14. The largest absolute Gasteiger partial charge is 0.458 e. The maximum Gasteiger partial charge on any atom is 0.313 e. The average Bonchev–Trinajstić information content (AvgIpc) is 3.22. The van der Waals surface area contributed by atoms with Gasteiger partial charge in [-0.25, -0.2) is 5.43 Å². The zero-order valence-corrected chi connectivity index (χ0v) is 18.2. The van der Waals surface area contributed by atoms with Crippen molar-refractivity contribution in [1.82, 2.24) is 10.7 Å². The van der Waals surface area contributed by atoms with Gasteiger partial charge in [0, 0.05) is 16.3 Å². The van der Waals surface area contributed by atoms with Gasteiger partial charge in [-0.3, -0.25) is 14.4 Å². The van der Waals surface area contributed by atoms with Crippen LogP contribution < -0.4 is 16.1 Å². The molecule has 9 heteroatoms. The van der Waals surface area contributed by atoms with E-state index in [1.54, 1.807) is 48.5 Å². The lowest BCUT2D eigenvalue weighted by Gasteiger charge is -2.07. The Morgan fingerprint density at radius 2 is 1.72 bits per heavy atom. The molecule has 0 saturated carbocycles. The van der Waals surface area contributed by atoms with Crippen LogP contribution in [0.4, 0.5) is 5.69 Å². The highest BCUT2D eigenvalue weighted by Gasteiger charge is 2.14. The number of carbonyl (C=O) groups excluding carboxylic acids is 3. The van der Waals surface area contributed by atoms with E-state index < -0.39 is 17.7 Å². The first-order valence-electron chi connectivity index (χ1n) is 9.66. The van der Waals surface area contributed by atoms with Crippen molar-refractivity contribution in [2.75, 3.05) is 5.32 Å². The van der Waals surface area contributed by atoms with Crippen molar-refractivity contribution in [2.45, 2.75) is 20.4 Å². The maximum absolute atomic E-state index is 12.1. The van der Waals surface area contributed by atoms with Crippen LogP contribution >= 0.6 is 11.6 Å². The molecule has 0 aliphatic rings. The summed E-state index contributed by atoms with van der Waals surface area (Å²) in [5.74, 6) is -1.17. The molecule has 0 radical (unpaired) electrons. The molecule has 0 aliphatic heterocycles. The topological polar surface area (TPSA) is 113 Å². The molecule has 0 unspecified atom stereocenters. The fraction of sp³-hybridized carbons (Fsp3) is 0.130. The summed E-state index contributed by atoms with van der Waals surface area (Å²) in [6.07, 6.45) is 1.32. The van der Waals surface area contributed by atoms with Crippen molar-refractivity contribution < 1.29 is 18.8 Å². The van der Waals surface area contributed by atoms with Crippen LogP contribution in [0.5, 0.6) is 0 Å². The predicted octanol–water partition coefficient (Wildman–Crippen LogP) is 3.57. The Kier molecular flexibility index (Phi) is 7.41. The maximum atomic E-state index is 12.1. The molecule has 0 spiro atoms. The first-order valence-corrected chi connectivity index (χ1v) is 10.0. The molecular formula is C23H21ClN4O4. The third kappa shape index (κ3) is 6.29. The van der Waals surface area contributed by atoms with Gasteiger partial charge >= 0.3 is 11.8 Å². The molecule has 1 aromatic heterocycles. The molecule has 0 fully saturated rings. The summed E-state index contributed by atoms with van der Waals surface area (Å²) in [7, 11) is 0. The molecule has 1 heterocycles. The van der Waals surface area contributed by atoms with Crippen LogP contribution in [-0.4, -0.2) is 23.9 Å². The number of nitrogens with one attached hydrogen (secondary N) is 3. The summed E-state index contributed by atoms with van der Waals surface area (Å²) < 4.78 is 5.50. The number of furan rings is 1. The minimum absolute atomic E-state index is 0.0180. The molecule has 0 bridgehead atoms. The van der Waals surface area contributed by atoms with Crippen LogP contribution in [0.15, 0.2) is 64.1 Å². The molecular weight excluding hydrogens is 432 g/mol. The molecule has 2 aromatic carbocycles. The SMILES string of the molecule is Cc1ccc(NC(=O)C(=O)NCc2ccc(/C=N\NC(=O)c3ccc(Cl)cc3)o2)cc1C. The number of hydrazone groups is 1. The monoisotopic (exact) mass is 452 g/mol. The highest BCUT2D eigenvalue weighted by molar-refractivity contribution is 6.39. The number of halogens is 1. The van der Waals surface area contributed by atoms with Gasteiger partial charge in [-0.15, -0.1) is 0 Å². The van der Waals surface area contributed by atoms with E-state index in [1.807, 2.05) is 19.9 Å². The van der Waals surface area contributed by atoms with Crippen LogP contribution in [0, 0.1) is 13.8 Å². The third-order valence-electron chi connectivity index (χ3n) is 4.54. The van der Waals surface area contributed by atoms with Gasteiger partial charge in [0.05, 0.1) is 12.8 Å². The number of hydrogen-bond acceptors (Lipinski definition) is 5. The summed E-state index contributed by atoms with van der Waals surface area (Å²) in [4.78, 5) is 36.1. The summed E-state index contributed by atoms with van der Waals surface area (Å²) in [6.45, 7) is 3.90. The van der Waals surface area contributed by atoms with Crippen molar-refractivity contribution in [3.63, 3.8) is 0 Å². The molecule has 32 heavy (non-hydrogen) atoms. The molecule has 164 valence electrons. The van der Waals surface area contributed by atoms with Gasteiger partial charge in [-0.05, 0) is 73.5 Å². The number of nitrogens with zero attached hydrogens (tertiary/aromatic N) is 1. The van der Waals surface area contributed by atoms with Crippen LogP contribution in [0.3, 0.4) is 0 Å². The van der Waals surface area contributed by atoms with E-state index in [1.165, 1.54) is 6.21 Å². The van der Waals surface area contributed by atoms with Crippen LogP contribution in [0.1, 0.15) is 33.0 Å². The Balaban J connectivity index is 1.46. The van der Waals surface area contributed by atoms with E-state index in [4.69, 9.17) is 16.0 Å². The van der Waals surface area contributed by atoms with E-state index in [0.717, 1.165) is 11.1 Å². The molecule has 0 saturated heterocycles. The molecule has 8 nitrogen and oxygen atoms in total. The lowest BCUT2D eigenvalue weighted by Crippen LogP contribution is -2.34. The number of aryl methyl sites for hydroxylation is 2. The van der Waals surface area contributed by atoms with Crippen LogP contribution in [-0.2, 0) is 16.1 Å². The third-order valence-corrected chi connectivity index (χ3v) is 4.79. The van der Waals surface area contributed by atoms with Gasteiger partial charge in [0.25, 0.3) is 5.91 Å². The quantitative estimate of drug-likeness (QED) is 0.301. The fourth-order valence-corrected chi connectivity index (χ4v) is 2.76. The lowest BCUT2D eigenvalue weighted by atomic mass is 10.1. The summed E-state index contributed by atoms with van der Waals surface area (Å²) in [5, 5.41) is 9.41. The van der Waals surface area contributed by atoms with E-state index in [2.05, 4.69) is 21.2 Å². The van der Waals surface area contributed by atoms with Gasteiger partial charge in [0.2, 0.25) is 0 Å². The fourth-order valence-electron chi connectivity index (χ4n) is 2.63. The molecule has 3 aromatic rings. The average molecular weight is 453 g/mol. The second-order valence-electron chi connectivity index (χ2n) is 6.95. The van der Waals surface area contributed by atoms with Crippen LogP contribution in [0.25, 0.3) is 0 Å². The number of benzene rings is 2. The first kappa shape index (κ1) is 22.8. The predicted molar refractivity (Wildman–Crippen MR) is 122 cm³/mol. The van der Waals surface area contributed by atoms with E-state index in [-0.39, 0.29) is 6.54 Å². The van der Waals surface area contributed by atoms with Crippen molar-refractivity contribution in [3.05, 3.63) is 87.8 Å². The second-order valence-corrected chi connectivity index (χ2v) is 7.38. The van der Waals surface area contributed by atoms with Crippen LogP contribution in [0.2, 0.25) is 5.02 Å². The molecule has 0 aliphatic carbocycles. The first-order chi connectivity index (χ1) is 15.3. The van der Waals surface area contributed by atoms with Gasteiger partial charge in [0.1, 0.15) is 11.5 Å². The summed E-state index contributed by atoms with van der Waals surface area (Å²) in [5.41, 5.74) is 5.44. The number of amides is 3. The number of rotatable bonds is 6. The Morgan fingerprint density at radius 3 is 2.44 bits per heavy atom. The van der Waals surface area contributed by atoms with E-state index >= 15 is 0 Å². The highest BCUT2D eigenvalue weighted by atomic mass is 35.5. The second kappa shape index (κ2) is 10.4. The Labute approximate surface area is 189 Å². The zero-order chi connectivity index (χ0) is 23.1. The molecule has 3 rings (SSSR count). The molecule has 0 atom stereocenters. The van der Waals surface area contributed by atoms with Crippen molar-refractivity contribution in [2.24, 2.45) is 5.10 Å². The van der Waals surface area contributed by atoms with Gasteiger partial charge in [0.15, 0.2) is 0 Å². The Morgan fingerprint density at radius 1 is 0.969 bits per heavy atom. The number of carbonyl (C=O) groups is 3. The van der Waals surface area contributed by atoms with Crippen molar-refractivity contribution in [1.29, 1.82) is 0 Å². The summed E-state index contributed by atoms with van der Waals surface area (Å²) in [6, 6.07) is 15.0. The zero-order valence-electron chi connectivity index (χ0n) is 17.4. The minimum atomic E-state index is -0.787. The standard InChI is InChI=1S/C23H21ClN4O4/c1-14-3-8-18(11-15(14)2)27-23(31)22(30)25-12-19-9-10-20(32-19)13-26-28-21(29)16-4-6-17(24)7-5-16/h3-11,13H,12H2,1-2H3,(H,25,30)(H,27,31)(H,28,29)/b26-13-. The van der Waals surface area contributed by atoms with Gasteiger partial charge in [-0.1, -0.05) is 17.7 Å². The van der Waals surface area contributed by atoms with Crippen molar-refractivity contribution >= 4 is 41.2 Å². The van der Waals surface area contributed by atoms with Gasteiger partial charge in [-0.2, -0.15) is 5.10 Å². The summed E-state index contributed by atoms with van der Waals surface area (Å²) >= 11 is 5.79. The normalized spacial score (nSPS) is 10.7. The lowest BCUT2D eigenvalue weighted by molar-refractivity contribution is -0.136. The van der Waals surface area contributed by atoms with E-state index in [0.29, 0.717) is 27.8 Å². The molecule has 3 N–H and O–H groups in total. The smallest absolute Gasteiger partial charge is 0.313 e. The Bertz CT molecular complexity index is 1170. The minimum Gasteiger partial charge on any atom is -0.458 e. The Hall–Kier alpha value is -3.91.